The van der Waals surface area contributed by atoms with Crippen LogP contribution in [0.25, 0.3) is 0 Å². The second kappa shape index (κ2) is 7.81. The first kappa shape index (κ1) is 16.4. The lowest BCUT2D eigenvalue weighted by Crippen LogP contribution is -2.30. The van der Waals surface area contributed by atoms with Gasteiger partial charge in [0, 0.05) is 18.3 Å². The minimum absolute atomic E-state index is 0.456. The molecular weight excluding hydrogens is 262 g/mol. The van der Waals surface area contributed by atoms with Crippen LogP contribution in [0.3, 0.4) is 0 Å². The zero-order valence-corrected chi connectivity index (χ0v) is 13.1. The third-order valence-electron chi connectivity index (χ3n) is 3.16. The summed E-state index contributed by atoms with van der Waals surface area (Å²) < 4.78 is 1.78. The summed E-state index contributed by atoms with van der Waals surface area (Å²) >= 11 is 1.52. The molecule has 0 aliphatic heterocycles. The lowest BCUT2D eigenvalue weighted by Gasteiger charge is -2.24. The van der Waals surface area contributed by atoms with Gasteiger partial charge in [-0.3, -0.25) is 0 Å². The van der Waals surface area contributed by atoms with Gasteiger partial charge in [0.25, 0.3) is 0 Å². The standard InChI is InChI=1S/C12H25N5OS/c1-5-12(18,6-2)9-19-11-14-15-16-17(11)8-7-13-10(3)4/h10,13,18H,5-9H2,1-4H3. The van der Waals surface area contributed by atoms with E-state index in [1.807, 2.05) is 13.8 Å². The summed E-state index contributed by atoms with van der Waals surface area (Å²) in [5.74, 6) is 0.623. The Hall–Kier alpha value is -0.660. The monoisotopic (exact) mass is 287 g/mol. The number of aliphatic hydroxyl groups is 1. The predicted molar refractivity (Wildman–Crippen MR) is 77.2 cm³/mol. The normalized spacial score (nSPS) is 12.3. The lowest BCUT2D eigenvalue weighted by atomic mass is 10.0. The maximum Gasteiger partial charge on any atom is 0.209 e. The minimum Gasteiger partial charge on any atom is -0.389 e. The molecule has 0 unspecified atom stereocenters. The van der Waals surface area contributed by atoms with Crippen LogP contribution in [0.15, 0.2) is 5.16 Å². The van der Waals surface area contributed by atoms with E-state index in [9.17, 15) is 5.11 Å². The number of hydrogen-bond acceptors (Lipinski definition) is 6. The van der Waals surface area contributed by atoms with Crippen molar-refractivity contribution in [2.45, 2.75) is 63.9 Å². The molecule has 1 aromatic rings. The maximum atomic E-state index is 10.3. The topological polar surface area (TPSA) is 75.9 Å². The highest BCUT2D eigenvalue weighted by Gasteiger charge is 2.23. The third-order valence-corrected chi connectivity index (χ3v) is 4.39. The highest BCUT2D eigenvalue weighted by Crippen LogP contribution is 2.24. The van der Waals surface area contributed by atoms with E-state index in [-0.39, 0.29) is 0 Å². The highest BCUT2D eigenvalue weighted by molar-refractivity contribution is 7.99. The summed E-state index contributed by atoms with van der Waals surface area (Å²) in [4.78, 5) is 0. The van der Waals surface area contributed by atoms with Crippen molar-refractivity contribution in [3.05, 3.63) is 0 Å². The fraction of sp³-hybridized carbons (Fsp3) is 0.917. The van der Waals surface area contributed by atoms with Crippen molar-refractivity contribution >= 4 is 11.8 Å². The maximum absolute atomic E-state index is 10.3. The van der Waals surface area contributed by atoms with Crippen LogP contribution in [0.4, 0.5) is 0 Å². The van der Waals surface area contributed by atoms with Crippen molar-refractivity contribution in [1.82, 2.24) is 25.5 Å². The molecule has 0 aromatic carbocycles. The van der Waals surface area contributed by atoms with Gasteiger partial charge in [-0.2, -0.15) is 0 Å². The first-order valence-corrected chi connectivity index (χ1v) is 7.84. The van der Waals surface area contributed by atoms with Gasteiger partial charge in [-0.15, -0.1) is 5.10 Å². The molecule has 2 N–H and O–H groups in total. The predicted octanol–water partition coefficient (Wildman–Crippen LogP) is 1.31. The molecule has 6 nitrogen and oxygen atoms in total. The van der Waals surface area contributed by atoms with E-state index in [1.54, 1.807) is 4.68 Å². The average Bonchev–Trinajstić information content (AvgIpc) is 2.83. The van der Waals surface area contributed by atoms with Crippen molar-refractivity contribution in [3.63, 3.8) is 0 Å². The Bertz CT molecular complexity index is 365. The smallest absolute Gasteiger partial charge is 0.209 e. The van der Waals surface area contributed by atoms with Crippen molar-refractivity contribution in [2.75, 3.05) is 12.3 Å². The van der Waals surface area contributed by atoms with Gasteiger partial charge in [-0.25, -0.2) is 4.68 Å². The molecular formula is C12H25N5OS. The van der Waals surface area contributed by atoms with Gasteiger partial charge in [0.1, 0.15) is 0 Å². The number of tetrazole rings is 1. The zero-order chi connectivity index (χ0) is 14.3. The largest absolute Gasteiger partial charge is 0.389 e. The van der Waals surface area contributed by atoms with E-state index >= 15 is 0 Å². The molecule has 0 amide bonds. The number of thioether (sulfide) groups is 1. The van der Waals surface area contributed by atoms with Crippen molar-refractivity contribution in [2.24, 2.45) is 0 Å². The van der Waals surface area contributed by atoms with Crippen LogP contribution in [0.1, 0.15) is 40.5 Å². The molecule has 1 aromatic heterocycles. The molecule has 0 aliphatic rings. The van der Waals surface area contributed by atoms with Crippen molar-refractivity contribution in [3.8, 4) is 0 Å². The Morgan fingerprint density at radius 2 is 2.05 bits per heavy atom. The molecule has 0 atom stereocenters. The average molecular weight is 287 g/mol. The Balaban J connectivity index is 2.48. The molecule has 110 valence electrons. The molecule has 0 radical (unpaired) electrons. The molecule has 0 saturated heterocycles. The number of nitrogens with one attached hydrogen (secondary N) is 1. The van der Waals surface area contributed by atoms with Gasteiger partial charge >= 0.3 is 0 Å². The van der Waals surface area contributed by atoms with Crippen LogP contribution < -0.4 is 5.32 Å². The minimum atomic E-state index is -0.627. The Kier molecular flexibility index (Phi) is 6.74. The molecule has 0 aliphatic carbocycles. The van der Waals surface area contributed by atoms with E-state index in [0.717, 1.165) is 31.1 Å². The fourth-order valence-electron chi connectivity index (χ4n) is 1.55. The van der Waals surface area contributed by atoms with Gasteiger partial charge in [-0.05, 0) is 23.3 Å². The van der Waals surface area contributed by atoms with E-state index in [2.05, 4.69) is 34.7 Å². The fourth-order valence-corrected chi connectivity index (χ4v) is 2.73. The SMILES string of the molecule is CCC(O)(CC)CSc1nnnn1CCNC(C)C. The molecule has 0 saturated carbocycles. The van der Waals surface area contributed by atoms with Gasteiger partial charge < -0.3 is 10.4 Å². The first-order chi connectivity index (χ1) is 9.00. The van der Waals surface area contributed by atoms with Crippen LogP contribution in [-0.2, 0) is 6.54 Å². The van der Waals surface area contributed by atoms with Crippen LogP contribution in [0, 0.1) is 0 Å². The van der Waals surface area contributed by atoms with Gasteiger partial charge in [-0.1, -0.05) is 39.5 Å². The molecule has 1 heterocycles. The number of nitrogens with zero attached hydrogens (tertiary/aromatic N) is 4. The van der Waals surface area contributed by atoms with E-state index in [0.29, 0.717) is 11.8 Å². The van der Waals surface area contributed by atoms with Crippen LogP contribution in [0.2, 0.25) is 0 Å². The second-order valence-electron chi connectivity index (χ2n) is 5.01. The first-order valence-electron chi connectivity index (χ1n) is 6.85. The summed E-state index contributed by atoms with van der Waals surface area (Å²) in [6.07, 6.45) is 1.49. The van der Waals surface area contributed by atoms with E-state index in [4.69, 9.17) is 0 Å². The Morgan fingerprint density at radius 3 is 2.63 bits per heavy atom. The Morgan fingerprint density at radius 1 is 1.37 bits per heavy atom. The molecule has 0 bridgehead atoms. The van der Waals surface area contributed by atoms with Crippen molar-refractivity contribution in [1.29, 1.82) is 0 Å². The summed E-state index contributed by atoms with van der Waals surface area (Å²) in [5, 5.41) is 26.1. The van der Waals surface area contributed by atoms with Crippen LogP contribution in [-0.4, -0.2) is 49.3 Å². The number of aromatic nitrogens is 4. The quantitative estimate of drug-likeness (QED) is 0.667. The lowest BCUT2D eigenvalue weighted by molar-refractivity contribution is 0.0571. The molecule has 0 fully saturated rings. The highest BCUT2D eigenvalue weighted by atomic mass is 32.2. The summed E-state index contributed by atoms with van der Waals surface area (Å²) in [7, 11) is 0. The summed E-state index contributed by atoms with van der Waals surface area (Å²) in [6.45, 7) is 9.79. The van der Waals surface area contributed by atoms with Gasteiger partial charge in [0.05, 0.1) is 12.1 Å². The molecule has 1 rings (SSSR count). The molecule has 0 spiro atoms. The van der Waals surface area contributed by atoms with E-state index in [1.165, 1.54) is 11.8 Å². The van der Waals surface area contributed by atoms with E-state index < -0.39 is 5.60 Å². The second-order valence-corrected chi connectivity index (χ2v) is 5.96. The summed E-state index contributed by atoms with van der Waals surface area (Å²) in [6, 6.07) is 0.456. The van der Waals surface area contributed by atoms with Crippen LogP contribution >= 0.6 is 11.8 Å². The number of rotatable bonds is 9. The zero-order valence-electron chi connectivity index (χ0n) is 12.3. The van der Waals surface area contributed by atoms with Gasteiger partial charge in [0.2, 0.25) is 5.16 Å². The molecule has 7 heteroatoms. The number of hydrogen-bond donors (Lipinski definition) is 2. The summed E-state index contributed by atoms with van der Waals surface area (Å²) in [5.41, 5.74) is -0.627. The Labute approximate surface area is 119 Å². The third kappa shape index (κ3) is 5.46. The van der Waals surface area contributed by atoms with Gasteiger partial charge in [0.15, 0.2) is 0 Å². The molecule has 19 heavy (non-hydrogen) atoms. The van der Waals surface area contributed by atoms with Crippen molar-refractivity contribution < 1.29 is 5.11 Å². The van der Waals surface area contributed by atoms with Crippen LogP contribution in [0.5, 0.6) is 0 Å².